The molecule has 0 spiro atoms. The fraction of sp³-hybridized carbons (Fsp3) is 0.579. The van der Waals surface area contributed by atoms with Gasteiger partial charge < -0.3 is 20.8 Å². The van der Waals surface area contributed by atoms with E-state index in [1.165, 1.54) is 77.0 Å². The highest BCUT2D eigenvalue weighted by Gasteiger charge is 2.09. The zero-order valence-corrected chi connectivity index (χ0v) is 31.4. The molecule has 4 N–H and O–H groups in total. The SMILES string of the molecule is CCCCCCCCNC(C)CS(=O)c1ccccc1.CCCCCCCCNC(C)CS(=O)c1ccccc1.O=C(O)/C=C/C(=O)O. The highest BCUT2D eigenvalue weighted by Crippen LogP contribution is 2.09. The van der Waals surface area contributed by atoms with Crippen LogP contribution in [0.3, 0.4) is 0 Å². The number of carboxylic acids is 2. The molecule has 0 aliphatic carbocycles. The van der Waals surface area contributed by atoms with Crippen molar-refractivity contribution >= 4 is 33.5 Å². The summed E-state index contributed by atoms with van der Waals surface area (Å²) in [7, 11) is -1.78. The third kappa shape index (κ3) is 28.4. The Morgan fingerprint density at radius 1 is 0.583 bits per heavy atom. The second-order valence-electron chi connectivity index (χ2n) is 11.9. The van der Waals surface area contributed by atoms with Gasteiger partial charge in [0.15, 0.2) is 0 Å². The first-order chi connectivity index (χ1) is 23.1. The summed E-state index contributed by atoms with van der Waals surface area (Å²) in [5.41, 5.74) is 0. The molecule has 0 saturated carbocycles. The van der Waals surface area contributed by atoms with E-state index in [1.807, 2.05) is 60.7 Å². The molecule has 2 aromatic carbocycles. The predicted molar refractivity (Wildman–Crippen MR) is 202 cm³/mol. The van der Waals surface area contributed by atoms with E-state index in [2.05, 4.69) is 38.3 Å². The molecule has 0 saturated heterocycles. The molecule has 0 radical (unpaired) electrons. The van der Waals surface area contributed by atoms with Crippen LogP contribution >= 0.6 is 0 Å². The van der Waals surface area contributed by atoms with Crippen LogP contribution in [-0.4, -0.2) is 67.2 Å². The normalized spacial score (nSPS) is 13.3. The Morgan fingerprint density at radius 3 is 1.21 bits per heavy atom. The van der Waals surface area contributed by atoms with Gasteiger partial charge in [0.1, 0.15) is 0 Å². The maximum absolute atomic E-state index is 12.1. The van der Waals surface area contributed by atoms with Gasteiger partial charge in [-0.15, -0.1) is 0 Å². The van der Waals surface area contributed by atoms with Crippen LogP contribution in [0.1, 0.15) is 105 Å². The Kier molecular flexibility index (Phi) is 29.8. The van der Waals surface area contributed by atoms with E-state index in [4.69, 9.17) is 10.2 Å². The Labute approximate surface area is 295 Å². The molecule has 0 heterocycles. The van der Waals surface area contributed by atoms with Crippen LogP contribution in [0.25, 0.3) is 0 Å². The van der Waals surface area contributed by atoms with Crippen LogP contribution < -0.4 is 10.6 Å². The molecule has 0 bridgehead atoms. The maximum Gasteiger partial charge on any atom is 0.328 e. The van der Waals surface area contributed by atoms with Crippen molar-refractivity contribution in [3.05, 3.63) is 72.8 Å². The molecule has 272 valence electrons. The van der Waals surface area contributed by atoms with Crippen molar-refractivity contribution in [1.82, 2.24) is 10.6 Å². The molecule has 8 nitrogen and oxygen atoms in total. The van der Waals surface area contributed by atoms with E-state index >= 15 is 0 Å². The third-order valence-electron chi connectivity index (χ3n) is 7.23. The van der Waals surface area contributed by atoms with Gasteiger partial charge in [-0.05, 0) is 64.0 Å². The van der Waals surface area contributed by atoms with Crippen LogP contribution in [-0.2, 0) is 31.2 Å². The molecule has 0 aromatic heterocycles. The lowest BCUT2D eigenvalue weighted by molar-refractivity contribution is -0.134. The summed E-state index contributed by atoms with van der Waals surface area (Å²) in [4.78, 5) is 21.0. The van der Waals surface area contributed by atoms with Crippen molar-refractivity contribution in [1.29, 1.82) is 0 Å². The van der Waals surface area contributed by atoms with E-state index in [0.717, 1.165) is 22.9 Å². The molecule has 0 amide bonds. The van der Waals surface area contributed by atoms with E-state index in [0.29, 0.717) is 35.7 Å². The predicted octanol–water partition coefficient (Wildman–Crippen LogP) is 7.98. The van der Waals surface area contributed by atoms with E-state index in [1.54, 1.807) is 0 Å². The fourth-order valence-corrected chi connectivity index (χ4v) is 7.01. The zero-order chi connectivity index (χ0) is 35.8. The van der Waals surface area contributed by atoms with Gasteiger partial charge in [-0.1, -0.05) is 114 Å². The van der Waals surface area contributed by atoms with E-state index < -0.39 is 33.5 Å². The zero-order valence-electron chi connectivity index (χ0n) is 29.7. The van der Waals surface area contributed by atoms with Gasteiger partial charge in [-0.25, -0.2) is 9.59 Å². The second kappa shape index (κ2) is 31.6. The van der Waals surface area contributed by atoms with Gasteiger partial charge in [0, 0.05) is 45.5 Å². The minimum absolute atomic E-state index is 0.312. The summed E-state index contributed by atoms with van der Waals surface area (Å²) < 4.78 is 24.3. The molecule has 2 rings (SSSR count). The van der Waals surface area contributed by atoms with Gasteiger partial charge in [-0.2, -0.15) is 0 Å². The highest BCUT2D eigenvalue weighted by molar-refractivity contribution is 7.85. The number of benzene rings is 2. The summed E-state index contributed by atoms with van der Waals surface area (Å²) in [5, 5.41) is 22.6. The molecule has 4 atom stereocenters. The second-order valence-corrected chi connectivity index (χ2v) is 14.9. The molecule has 10 heteroatoms. The molecule has 2 aromatic rings. The quantitative estimate of drug-likeness (QED) is 0.0638. The summed E-state index contributed by atoms with van der Waals surface area (Å²) in [6.45, 7) is 10.8. The average Bonchev–Trinajstić information content (AvgIpc) is 3.08. The van der Waals surface area contributed by atoms with Crippen LogP contribution in [0.2, 0.25) is 0 Å². The number of carbonyl (C=O) groups is 2. The number of carboxylic acid groups (broad SMARTS) is 2. The first-order valence-electron chi connectivity index (χ1n) is 17.6. The smallest absolute Gasteiger partial charge is 0.328 e. The molecular formula is C38H62N2O6S2. The Morgan fingerprint density at radius 2 is 0.896 bits per heavy atom. The van der Waals surface area contributed by atoms with Gasteiger partial charge >= 0.3 is 11.9 Å². The van der Waals surface area contributed by atoms with Gasteiger partial charge in [0.25, 0.3) is 0 Å². The standard InChI is InChI=1S/2C17H29NOS.C4H4O4/c2*1-3-4-5-6-7-11-14-18-16(2)15-20(19)17-12-9-8-10-13-17;5-3(6)1-2-4(7)8/h2*8-10,12-13,16,18H,3-7,11,14-15H2,1-2H3;1-2H,(H,5,6)(H,7,8)/b;;2-1+. The lowest BCUT2D eigenvalue weighted by Crippen LogP contribution is -2.32. The molecule has 0 aliphatic rings. The van der Waals surface area contributed by atoms with Crippen LogP contribution in [0.15, 0.2) is 82.6 Å². The number of hydrogen-bond donors (Lipinski definition) is 4. The number of nitrogens with one attached hydrogen (secondary N) is 2. The van der Waals surface area contributed by atoms with Crippen LogP contribution in [0.4, 0.5) is 0 Å². The minimum Gasteiger partial charge on any atom is -0.478 e. The number of unbranched alkanes of at least 4 members (excludes halogenated alkanes) is 10. The highest BCUT2D eigenvalue weighted by atomic mass is 32.2. The average molecular weight is 707 g/mol. The van der Waals surface area contributed by atoms with Crippen molar-refractivity contribution in [2.45, 2.75) is 127 Å². The topological polar surface area (TPSA) is 133 Å². The summed E-state index contributed by atoms with van der Waals surface area (Å²) in [5.74, 6) is -1.13. The summed E-state index contributed by atoms with van der Waals surface area (Å²) in [6, 6.07) is 20.1. The van der Waals surface area contributed by atoms with Gasteiger partial charge in [0.2, 0.25) is 0 Å². The van der Waals surface area contributed by atoms with Crippen molar-refractivity contribution < 1.29 is 28.2 Å². The van der Waals surface area contributed by atoms with E-state index in [-0.39, 0.29) is 0 Å². The molecule has 0 aliphatic heterocycles. The Balaban J connectivity index is 0.000000754. The molecular weight excluding hydrogens is 645 g/mol. The van der Waals surface area contributed by atoms with Crippen molar-refractivity contribution in [3.63, 3.8) is 0 Å². The van der Waals surface area contributed by atoms with Crippen molar-refractivity contribution in [3.8, 4) is 0 Å². The largest absolute Gasteiger partial charge is 0.478 e. The number of hydrogen-bond acceptors (Lipinski definition) is 6. The monoisotopic (exact) mass is 706 g/mol. The minimum atomic E-state index is -1.26. The van der Waals surface area contributed by atoms with Crippen molar-refractivity contribution in [2.75, 3.05) is 24.6 Å². The van der Waals surface area contributed by atoms with Crippen LogP contribution in [0.5, 0.6) is 0 Å². The molecule has 4 unspecified atom stereocenters. The first kappa shape index (κ1) is 45.3. The first-order valence-corrected chi connectivity index (χ1v) is 20.2. The third-order valence-corrected chi connectivity index (χ3v) is 10.4. The molecule has 0 fully saturated rings. The van der Waals surface area contributed by atoms with Crippen molar-refractivity contribution in [2.24, 2.45) is 0 Å². The van der Waals surface area contributed by atoms with Crippen LogP contribution in [0, 0.1) is 0 Å². The van der Waals surface area contributed by atoms with Gasteiger partial charge in [0.05, 0.1) is 21.6 Å². The molecule has 48 heavy (non-hydrogen) atoms. The summed E-state index contributed by atoms with van der Waals surface area (Å²) in [6.07, 6.45) is 16.9. The maximum atomic E-state index is 12.1. The van der Waals surface area contributed by atoms with Gasteiger partial charge in [-0.3, -0.25) is 8.42 Å². The Hall–Kier alpha value is -2.66. The number of rotatable bonds is 24. The summed E-state index contributed by atoms with van der Waals surface area (Å²) >= 11 is 0. The number of aliphatic carboxylic acids is 2. The Bertz CT molecular complexity index is 1060. The lowest BCUT2D eigenvalue weighted by atomic mass is 10.1. The fourth-order valence-electron chi connectivity index (χ4n) is 4.56. The van der Waals surface area contributed by atoms with E-state index in [9.17, 15) is 18.0 Å². The lowest BCUT2D eigenvalue weighted by Gasteiger charge is -2.13.